The third-order valence-corrected chi connectivity index (χ3v) is 5.16. The van der Waals surface area contributed by atoms with Gasteiger partial charge in [-0.05, 0) is 49.1 Å². The number of nitrogens with one attached hydrogen (secondary N) is 2. The van der Waals surface area contributed by atoms with Crippen LogP contribution >= 0.6 is 0 Å². The van der Waals surface area contributed by atoms with E-state index in [0.29, 0.717) is 24.5 Å². The third kappa shape index (κ3) is 7.45. The SMILES string of the molecule is CC(NC(=O)CCOCC1CCCO1)c1cccc(NC(=O)Cc2ccccc2F)c1. The zero-order valence-electron chi connectivity index (χ0n) is 17.7. The zero-order valence-corrected chi connectivity index (χ0v) is 17.7. The van der Waals surface area contributed by atoms with Crippen LogP contribution in [0.15, 0.2) is 48.5 Å². The lowest BCUT2D eigenvalue weighted by Crippen LogP contribution is -2.28. The predicted molar refractivity (Wildman–Crippen MR) is 116 cm³/mol. The molecule has 0 saturated carbocycles. The molecule has 2 N–H and O–H groups in total. The maximum Gasteiger partial charge on any atom is 0.228 e. The number of carbonyl (C=O) groups is 2. The molecule has 31 heavy (non-hydrogen) atoms. The van der Waals surface area contributed by atoms with E-state index in [1.54, 1.807) is 36.4 Å². The molecule has 1 heterocycles. The van der Waals surface area contributed by atoms with Gasteiger partial charge in [0.05, 0.1) is 31.8 Å². The highest BCUT2D eigenvalue weighted by Gasteiger charge is 2.16. The number of halogens is 1. The molecule has 2 aromatic rings. The van der Waals surface area contributed by atoms with E-state index in [9.17, 15) is 14.0 Å². The largest absolute Gasteiger partial charge is 0.378 e. The van der Waals surface area contributed by atoms with Gasteiger partial charge in [0.15, 0.2) is 0 Å². The highest BCUT2D eigenvalue weighted by atomic mass is 19.1. The number of carbonyl (C=O) groups excluding carboxylic acids is 2. The Labute approximate surface area is 182 Å². The highest BCUT2D eigenvalue weighted by molar-refractivity contribution is 5.92. The van der Waals surface area contributed by atoms with Crippen LogP contribution < -0.4 is 10.6 Å². The van der Waals surface area contributed by atoms with Gasteiger partial charge in [-0.15, -0.1) is 0 Å². The minimum Gasteiger partial charge on any atom is -0.378 e. The Morgan fingerprint density at radius 3 is 2.81 bits per heavy atom. The summed E-state index contributed by atoms with van der Waals surface area (Å²) >= 11 is 0. The maximum absolute atomic E-state index is 13.7. The number of rotatable bonds is 10. The quantitative estimate of drug-likeness (QED) is 0.565. The first-order valence-corrected chi connectivity index (χ1v) is 10.6. The van der Waals surface area contributed by atoms with Crippen LogP contribution in [0.3, 0.4) is 0 Å². The van der Waals surface area contributed by atoms with Crippen LogP contribution in [0.25, 0.3) is 0 Å². The number of anilines is 1. The highest BCUT2D eigenvalue weighted by Crippen LogP contribution is 2.18. The van der Waals surface area contributed by atoms with E-state index in [4.69, 9.17) is 9.47 Å². The molecular weight excluding hydrogens is 399 g/mol. The first-order chi connectivity index (χ1) is 15.0. The Morgan fingerprint density at radius 1 is 1.19 bits per heavy atom. The average Bonchev–Trinajstić information content (AvgIpc) is 3.26. The van der Waals surface area contributed by atoms with Crippen molar-refractivity contribution in [2.75, 3.05) is 25.1 Å². The van der Waals surface area contributed by atoms with Gasteiger partial charge in [-0.2, -0.15) is 0 Å². The van der Waals surface area contributed by atoms with Gasteiger partial charge in [0.2, 0.25) is 11.8 Å². The molecule has 0 spiro atoms. The summed E-state index contributed by atoms with van der Waals surface area (Å²) in [7, 11) is 0. The van der Waals surface area contributed by atoms with Gasteiger partial charge in [-0.1, -0.05) is 30.3 Å². The Bertz CT molecular complexity index is 883. The van der Waals surface area contributed by atoms with Crippen molar-refractivity contribution < 1.29 is 23.5 Å². The smallest absolute Gasteiger partial charge is 0.228 e. The molecule has 1 fully saturated rings. The van der Waals surface area contributed by atoms with Gasteiger partial charge in [0, 0.05) is 18.7 Å². The van der Waals surface area contributed by atoms with E-state index in [1.165, 1.54) is 6.07 Å². The third-order valence-electron chi connectivity index (χ3n) is 5.16. The Morgan fingerprint density at radius 2 is 2.03 bits per heavy atom. The first kappa shape index (κ1) is 22.9. The van der Waals surface area contributed by atoms with Crippen molar-refractivity contribution in [1.29, 1.82) is 0 Å². The normalized spacial score (nSPS) is 16.6. The fourth-order valence-electron chi connectivity index (χ4n) is 3.46. The van der Waals surface area contributed by atoms with Crippen LogP contribution in [0.2, 0.25) is 0 Å². The molecule has 2 atom stereocenters. The summed E-state index contributed by atoms with van der Waals surface area (Å²) in [5.74, 6) is -0.807. The Kier molecular flexibility index (Phi) is 8.55. The summed E-state index contributed by atoms with van der Waals surface area (Å²) in [5, 5.41) is 5.72. The molecule has 0 aliphatic carbocycles. The molecule has 2 amide bonds. The monoisotopic (exact) mass is 428 g/mol. The number of hydrogen-bond acceptors (Lipinski definition) is 4. The second-order valence-corrected chi connectivity index (χ2v) is 7.69. The van der Waals surface area contributed by atoms with Crippen LogP contribution in [0.1, 0.15) is 43.4 Å². The van der Waals surface area contributed by atoms with Gasteiger partial charge in [0.1, 0.15) is 5.82 Å². The van der Waals surface area contributed by atoms with Crippen molar-refractivity contribution in [2.45, 2.75) is 44.8 Å². The molecule has 0 bridgehead atoms. The number of ether oxygens (including phenoxy) is 2. The molecule has 0 radical (unpaired) electrons. The summed E-state index contributed by atoms with van der Waals surface area (Å²) in [6.45, 7) is 3.54. The second kappa shape index (κ2) is 11.6. The lowest BCUT2D eigenvalue weighted by Gasteiger charge is -2.16. The van der Waals surface area contributed by atoms with Crippen LogP contribution in [0.5, 0.6) is 0 Å². The maximum atomic E-state index is 13.7. The number of hydrogen-bond donors (Lipinski definition) is 2. The fraction of sp³-hybridized carbons (Fsp3) is 0.417. The summed E-state index contributed by atoms with van der Waals surface area (Å²) in [6, 6.07) is 13.2. The molecule has 7 heteroatoms. The molecule has 2 unspecified atom stereocenters. The summed E-state index contributed by atoms with van der Waals surface area (Å²) < 4.78 is 24.8. The zero-order chi connectivity index (χ0) is 22.1. The Balaban J connectivity index is 1.44. The fourth-order valence-corrected chi connectivity index (χ4v) is 3.46. The molecule has 2 aromatic carbocycles. The van der Waals surface area contributed by atoms with Crippen molar-refractivity contribution in [3.05, 3.63) is 65.5 Å². The lowest BCUT2D eigenvalue weighted by molar-refractivity contribution is -0.123. The summed E-state index contributed by atoms with van der Waals surface area (Å²) in [6.07, 6.45) is 2.45. The summed E-state index contributed by atoms with van der Waals surface area (Å²) in [4.78, 5) is 24.5. The van der Waals surface area contributed by atoms with Crippen LogP contribution in [-0.4, -0.2) is 37.7 Å². The predicted octanol–water partition coefficient (Wildman–Crippen LogP) is 3.77. The van der Waals surface area contributed by atoms with Crippen molar-refractivity contribution in [2.24, 2.45) is 0 Å². The lowest BCUT2D eigenvalue weighted by atomic mass is 10.1. The van der Waals surface area contributed by atoms with E-state index in [-0.39, 0.29) is 36.8 Å². The molecule has 1 aliphatic heterocycles. The van der Waals surface area contributed by atoms with Gasteiger partial charge >= 0.3 is 0 Å². The molecule has 1 aliphatic rings. The van der Waals surface area contributed by atoms with E-state index < -0.39 is 5.82 Å². The van der Waals surface area contributed by atoms with Gasteiger partial charge < -0.3 is 20.1 Å². The van der Waals surface area contributed by atoms with E-state index >= 15 is 0 Å². The first-order valence-electron chi connectivity index (χ1n) is 10.6. The molecule has 166 valence electrons. The molecule has 3 rings (SSSR count). The van der Waals surface area contributed by atoms with E-state index in [0.717, 1.165) is 25.0 Å². The molecular formula is C24H29FN2O4. The van der Waals surface area contributed by atoms with E-state index in [2.05, 4.69) is 10.6 Å². The average molecular weight is 429 g/mol. The standard InChI is InChI=1S/C24H29FN2O4/c1-17(26-23(28)11-13-30-16-21-9-5-12-31-21)18-7-4-8-20(14-18)27-24(29)15-19-6-2-3-10-22(19)25/h2-4,6-8,10,14,17,21H,5,9,11-13,15-16H2,1H3,(H,26,28)(H,27,29). The Hall–Kier alpha value is -2.77. The molecule has 0 aromatic heterocycles. The molecule has 6 nitrogen and oxygen atoms in total. The van der Waals surface area contributed by atoms with Crippen LogP contribution in [0.4, 0.5) is 10.1 Å². The van der Waals surface area contributed by atoms with E-state index in [1.807, 2.05) is 13.0 Å². The van der Waals surface area contributed by atoms with Crippen molar-refractivity contribution in [3.63, 3.8) is 0 Å². The number of amides is 2. The van der Waals surface area contributed by atoms with Crippen molar-refractivity contribution in [1.82, 2.24) is 5.32 Å². The van der Waals surface area contributed by atoms with Gasteiger partial charge in [-0.3, -0.25) is 9.59 Å². The number of benzene rings is 2. The molecule has 1 saturated heterocycles. The topological polar surface area (TPSA) is 76.7 Å². The van der Waals surface area contributed by atoms with Crippen LogP contribution in [-0.2, 0) is 25.5 Å². The van der Waals surface area contributed by atoms with Gasteiger partial charge in [0.25, 0.3) is 0 Å². The van der Waals surface area contributed by atoms with Gasteiger partial charge in [-0.25, -0.2) is 4.39 Å². The van der Waals surface area contributed by atoms with Crippen molar-refractivity contribution in [3.8, 4) is 0 Å². The van der Waals surface area contributed by atoms with Crippen molar-refractivity contribution >= 4 is 17.5 Å². The minimum absolute atomic E-state index is 0.0465. The minimum atomic E-state index is -0.400. The van der Waals surface area contributed by atoms with Crippen LogP contribution in [0, 0.1) is 5.82 Å². The second-order valence-electron chi connectivity index (χ2n) is 7.69. The summed E-state index contributed by atoms with van der Waals surface area (Å²) in [5.41, 5.74) is 1.80.